The standard InChI is InChI=1S/C12H16N2O2/c15-11-8-13-6-10(11)7-14-12(16)9-4-2-1-3-5-9/h1-5,10-11,13,15H,6-8H2,(H,14,16)/t10-,11+/m0/s1. The lowest BCUT2D eigenvalue weighted by molar-refractivity contribution is 0.0927. The van der Waals surface area contributed by atoms with Crippen molar-refractivity contribution in [3.05, 3.63) is 35.9 Å². The van der Waals surface area contributed by atoms with E-state index in [-0.39, 0.29) is 17.9 Å². The Morgan fingerprint density at radius 2 is 2.12 bits per heavy atom. The van der Waals surface area contributed by atoms with Crippen LogP contribution in [0, 0.1) is 5.92 Å². The van der Waals surface area contributed by atoms with Crippen molar-refractivity contribution in [1.29, 1.82) is 0 Å². The number of benzene rings is 1. The third-order valence-corrected chi connectivity index (χ3v) is 2.86. The fraction of sp³-hybridized carbons (Fsp3) is 0.417. The Balaban J connectivity index is 1.84. The third-order valence-electron chi connectivity index (χ3n) is 2.86. The number of carbonyl (C=O) groups is 1. The van der Waals surface area contributed by atoms with Gasteiger partial charge in [0.2, 0.25) is 0 Å². The number of aliphatic hydroxyl groups excluding tert-OH is 1. The second kappa shape index (κ2) is 5.09. The number of carbonyl (C=O) groups excluding carboxylic acids is 1. The number of hydrogen-bond donors (Lipinski definition) is 3. The predicted molar refractivity (Wildman–Crippen MR) is 61.1 cm³/mol. The van der Waals surface area contributed by atoms with Crippen molar-refractivity contribution in [2.75, 3.05) is 19.6 Å². The van der Waals surface area contributed by atoms with Gasteiger partial charge in [0.15, 0.2) is 0 Å². The van der Waals surface area contributed by atoms with Crippen molar-refractivity contribution in [1.82, 2.24) is 10.6 Å². The molecule has 1 saturated heterocycles. The predicted octanol–water partition coefficient (Wildman–Crippen LogP) is -0.00330. The first-order valence-electron chi connectivity index (χ1n) is 5.49. The maximum Gasteiger partial charge on any atom is 0.251 e. The van der Waals surface area contributed by atoms with Gasteiger partial charge in [0.25, 0.3) is 5.91 Å². The molecule has 4 nitrogen and oxygen atoms in total. The van der Waals surface area contributed by atoms with Crippen molar-refractivity contribution in [3.8, 4) is 0 Å². The van der Waals surface area contributed by atoms with Gasteiger partial charge in [-0.2, -0.15) is 0 Å². The number of amides is 1. The van der Waals surface area contributed by atoms with E-state index in [1.807, 2.05) is 18.2 Å². The number of hydrogen-bond acceptors (Lipinski definition) is 3. The van der Waals surface area contributed by atoms with Crippen molar-refractivity contribution in [2.45, 2.75) is 6.10 Å². The van der Waals surface area contributed by atoms with E-state index in [2.05, 4.69) is 10.6 Å². The zero-order chi connectivity index (χ0) is 11.4. The molecule has 86 valence electrons. The van der Waals surface area contributed by atoms with Crippen LogP contribution in [-0.2, 0) is 0 Å². The molecule has 0 aliphatic carbocycles. The molecule has 0 saturated carbocycles. The molecule has 2 atom stereocenters. The minimum atomic E-state index is -0.351. The lowest BCUT2D eigenvalue weighted by Gasteiger charge is -2.13. The maximum atomic E-state index is 11.7. The van der Waals surface area contributed by atoms with Crippen LogP contribution in [0.3, 0.4) is 0 Å². The van der Waals surface area contributed by atoms with Crippen LogP contribution in [0.1, 0.15) is 10.4 Å². The summed E-state index contributed by atoms with van der Waals surface area (Å²) >= 11 is 0. The smallest absolute Gasteiger partial charge is 0.251 e. The number of aliphatic hydroxyl groups is 1. The zero-order valence-corrected chi connectivity index (χ0v) is 9.02. The second-order valence-electron chi connectivity index (χ2n) is 4.06. The minimum Gasteiger partial charge on any atom is -0.391 e. The molecule has 16 heavy (non-hydrogen) atoms. The molecule has 0 aromatic heterocycles. The van der Waals surface area contributed by atoms with Gasteiger partial charge in [0, 0.05) is 31.1 Å². The molecule has 1 aliphatic rings. The first-order chi connectivity index (χ1) is 7.77. The van der Waals surface area contributed by atoms with Crippen molar-refractivity contribution < 1.29 is 9.90 Å². The van der Waals surface area contributed by atoms with Gasteiger partial charge in [-0.1, -0.05) is 18.2 Å². The fourth-order valence-electron chi connectivity index (χ4n) is 1.84. The van der Waals surface area contributed by atoms with E-state index in [4.69, 9.17) is 0 Å². The molecule has 1 fully saturated rings. The molecule has 0 bridgehead atoms. The van der Waals surface area contributed by atoms with E-state index in [9.17, 15) is 9.90 Å². The third kappa shape index (κ3) is 2.59. The summed E-state index contributed by atoms with van der Waals surface area (Å²) in [5.74, 6) is 0.0346. The first kappa shape index (κ1) is 11.1. The topological polar surface area (TPSA) is 61.4 Å². The molecule has 0 radical (unpaired) electrons. The van der Waals surface area contributed by atoms with Crippen molar-refractivity contribution >= 4 is 5.91 Å². The summed E-state index contributed by atoms with van der Waals surface area (Å²) in [6, 6.07) is 9.10. The Morgan fingerprint density at radius 1 is 1.38 bits per heavy atom. The molecule has 3 N–H and O–H groups in total. The van der Waals surface area contributed by atoms with Crippen molar-refractivity contribution in [3.63, 3.8) is 0 Å². The largest absolute Gasteiger partial charge is 0.391 e. The fourth-order valence-corrected chi connectivity index (χ4v) is 1.84. The van der Waals surface area contributed by atoms with E-state index in [1.54, 1.807) is 12.1 Å². The average Bonchev–Trinajstić information content (AvgIpc) is 2.73. The van der Waals surface area contributed by atoms with Gasteiger partial charge in [0.05, 0.1) is 6.10 Å². The lowest BCUT2D eigenvalue weighted by Crippen LogP contribution is -2.34. The molecular weight excluding hydrogens is 204 g/mol. The van der Waals surface area contributed by atoms with E-state index < -0.39 is 0 Å². The Labute approximate surface area is 94.7 Å². The van der Waals surface area contributed by atoms with Gasteiger partial charge in [-0.25, -0.2) is 0 Å². The molecule has 1 aromatic rings. The van der Waals surface area contributed by atoms with Crippen LogP contribution < -0.4 is 10.6 Å². The summed E-state index contributed by atoms with van der Waals surface area (Å²) in [6.07, 6.45) is -0.351. The van der Waals surface area contributed by atoms with Gasteiger partial charge in [-0.05, 0) is 12.1 Å². The quantitative estimate of drug-likeness (QED) is 0.672. The summed E-state index contributed by atoms with van der Waals surface area (Å²) in [5, 5.41) is 15.5. The Bertz CT molecular complexity index is 353. The normalized spacial score (nSPS) is 24.3. The van der Waals surface area contributed by atoms with Crippen molar-refractivity contribution in [2.24, 2.45) is 5.92 Å². The Kier molecular flexibility index (Phi) is 3.54. The summed E-state index contributed by atoms with van der Waals surface area (Å²) in [4.78, 5) is 11.7. The minimum absolute atomic E-state index is 0.0836. The molecule has 1 aromatic carbocycles. The van der Waals surface area contributed by atoms with Crippen LogP contribution in [0.4, 0.5) is 0 Å². The van der Waals surface area contributed by atoms with Gasteiger partial charge in [-0.15, -0.1) is 0 Å². The van der Waals surface area contributed by atoms with E-state index >= 15 is 0 Å². The summed E-state index contributed by atoms with van der Waals surface area (Å²) in [5.41, 5.74) is 0.656. The second-order valence-corrected chi connectivity index (χ2v) is 4.06. The Hall–Kier alpha value is -1.39. The molecule has 1 amide bonds. The highest BCUT2D eigenvalue weighted by Crippen LogP contribution is 2.07. The number of nitrogens with one attached hydrogen (secondary N) is 2. The van der Waals surface area contributed by atoms with Gasteiger partial charge < -0.3 is 15.7 Å². The van der Waals surface area contributed by atoms with E-state index in [0.29, 0.717) is 18.7 Å². The number of rotatable bonds is 3. The van der Waals surface area contributed by atoms with Gasteiger partial charge >= 0.3 is 0 Å². The van der Waals surface area contributed by atoms with Crippen LogP contribution in [-0.4, -0.2) is 36.8 Å². The molecule has 0 spiro atoms. The van der Waals surface area contributed by atoms with Gasteiger partial charge in [0.1, 0.15) is 0 Å². The molecular formula is C12H16N2O2. The highest BCUT2D eigenvalue weighted by molar-refractivity contribution is 5.94. The summed E-state index contributed by atoms with van der Waals surface area (Å²) in [7, 11) is 0. The Morgan fingerprint density at radius 3 is 2.75 bits per heavy atom. The SMILES string of the molecule is O=C(NC[C@@H]1CNC[C@H]1O)c1ccccc1. The summed E-state index contributed by atoms with van der Waals surface area (Å²) < 4.78 is 0. The molecule has 0 unspecified atom stereocenters. The molecule has 2 rings (SSSR count). The zero-order valence-electron chi connectivity index (χ0n) is 9.02. The van der Waals surface area contributed by atoms with Crippen LogP contribution >= 0.6 is 0 Å². The van der Waals surface area contributed by atoms with Crippen LogP contribution in [0.15, 0.2) is 30.3 Å². The monoisotopic (exact) mass is 220 g/mol. The lowest BCUT2D eigenvalue weighted by atomic mass is 10.1. The van der Waals surface area contributed by atoms with Crippen LogP contribution in [0.25, 0.3) is 0 Å². The maximum absolute atomic E-state index is 11.7. The highest BCUT2D eigenvalue weighted by Gasteiger charge is 2.24. The summed E-state index contributed by atoms with van der Waals surface area (Å²) in [6.45, 7) is 1.89. The molecule has 4 heteroatoms. The van der Waals surface area contributed by atoms with E-state index in [0.717, 1.165) is 6.54 Å². The molecule has 1 heterocycles. The van der Waals surface area contributed by atoms with E-state index in [1.165, 1.54) is 0 Å². The van der Waals surface area contributed by atoms with Gasteiger partial charge in [-0.3, -0.25) is 4.79 Å². The average molecular weight is 220 g/mol. The number of β-amino-alcohol motifs (C(OH)–C–C–N with tert-alkyl or cyclic N) is 1. The first-order valence-corrected chi connectivity index (χ1v) is 5.49. The highest BCUT2D eigenvalue weighted by atomic mass is 16.3. The van der Waals surface area contributed by atoms with Crippen LogP contribution in [0.5, 0.6) is 0 Å². The molecule has 1 aliphatic heterocycles. The van der Waals surface area contributed by atoms with Crippen LogP contribution in [0.2, 0.25) is 0 Å².